The lowest BCUT2D eigenvalue weighted by atomic mass is 10.1. The van der Waals surface area contributed by atoms with Crippen LogP contribution in [0.5, 0.6) is 0 Å². The second-order valence-corrected chi connectivity index (χ2v) is 7.64. The molecule has 8 heteroatoms. The first kappa shape index (κ1) is 22.5. The monoisotopic (exact) mass is 428 g/mol. The SMILES string of the molecule is CC(C)c1cccc(C(OCC(C)c2ccn(-c3ccc(C#N)cc3)n2)C(F)(F)F)n1. The molecule has 3 rings (SSSR count). The van der Waals surface area contributed by atoms with Gasteiger partial charge >= 0.3 is 6.18 Å². The molecule has 2 unspecified atom stereocenters. The lowest BCUT2D eigenvalue weighted by Gasteiger charge is -2.22. The van der Waals surface area contributed by atoms with E-state index >= 15 is 0 Å². The summed E-state index contributed by atoms with van der Waals surface area (Å²) < 4.78 is 47.9. The molecule has 2 aromatic heterocycles. The van der Waals surface area contributed by atoms with Crippen molar-refractivity contribution in [1.29, 1.82) is 5.26 Å². The topological polar surface area (TPSA) is 63.7 Å². The highest BCUT2D eigenvalue weighted by Gasteiger charge is 2.43. The Morgan fingerprint density at radius 1 is 1.00 bits per heavy atom. The molecule has 5 nitrogen and oxygen atoms in total. The van der Waals surface area contributed by atoms with Crippen LogP contribution in [0.2, 0.25) is 0 Å². The quantitative estimate of drug-likeness (QED) is 0.485. The van der Waals surface area contributed by atoms with Crippen molar-refractivity contribution >= 4 is 0 Å². The van der Waals surface area contributed by atoms with E-state index in [9.17, 15) is 13.2 Å². The van der Waals surface area contributed by atoms with Crippen molar-refractivity contribution in [3.63, 3.8) is 0 Å². The van der Waals surface area contributed by atoms with E-state index in [4.69, 9.17) is 10.00 Å². The minimum Gasteiger partial charge on any atom is -0.362 e. The molecular formula is C23H23F3N4O. The number of nitriles is 1. The zero-order valence-electron chi connectivity index (χ0n) is 17.5. The Morgan fingerprint density at radius 2 is 1.68 bits per heavy atom. The Morgan fingerprint density at radius 3 is 2.29 bits per heavy atom. The normalized spacial score (nSPS) is 13.7. The summed E-state index contributed by atoms with van der Waals surface area (Å²) in [4.78, 5) is 4.16. The summed E-state index contributed by atoms with van der Waals surface area (Å²) in [5, 5.41) is 13.3. The van der Waals surface area contributed by atoms with E-state index < -0.39 is 12.3 Å². The average Bonchev–Trinajstić information content (AvgIpc) is 3.23. The molecule has 0 aliphatic heterocycles. The summed E-state index contributed by atoms with van der Waals surface area (Å²) >= 11 is 0. The molecule has 0 spiro atoms. The van der Waals surface area contributed by atoms with Crippen LogP contribution in [0, 0.1) is 11.3 Å². The Bertz CT molecular complexity index is 1050. The molecule has 1 aromatic carbocycles. The number of halogens is 3. The zero-order valence-corrected chi connectivity index (χ0v) is 17.5. The third kappa shape index (κ3) is 5.50. The highest BCUT2D eigenvalue weighted by molar-refractivity contribution is 5.39. The fourth-order valence-corrected chi connectivity index (χ4v) is 3.04. The van der Waals surface area contributed by atoms with E-state index in [0.717, 1.165) is 5.69 Å². The molecular weight excluding hydrogens is 405 g/mol. The van der Waals surface area contributed by atoms with Gasteiger partial charge in [-0.2, -0.15) is 23.5 Å². The maximum atomic E-state index is 13.7. The van der Waals surface area contributed by atoms with Crippen LogP contribution in [0.4, 0.5) is 13.2 Å². The molecule has 0 saturated carbocycles. The number of aromatic nitrogens is 3. The van der Waals surface area contributed by atoms with Crippen molar-refractivity contribution in [2.24, 2.45) is 0 Å². The van der Waals surface area contributed by atoms with Crippen LogP contribution < -0.4 is 0 Å². The molecule has 0 amide bonds. The van der Waals surface area contributed by atoms with Gasteiger partial charge in [-0.3, -0.25) is 4.98 Å². The Balaban J connectivity index is 1.73. The van der Waals surface area contributed by atoms with Crippen molar-refractivity contribution in [3.05, 3.63) is 77.4 Å². The average molecular weight is 428 g/mol. The summed E-state index contributed by atoms with van der Waals surface area (Å²) in [6.45, 7) is 5.35. The Kier molecular flexibility index (Phi) is 6.76. The van der Waals surface area contributed by atoms with Crippen LogP contribution in [0.15, 0.2) is 54.7 Å². The lowest BCUT2D eigenvalue weighted by Crippen LogP contribution is -2.26. The molecule has 0 radical (unpaired) electrons. The molecule has 0 saturated heterocycles. The van der Waals surface area contributed by atoms with Gasteiger partial charge in [-0.25, -0.2) is 4.68 Å². The van der Waals surface area contributed by atoms with E-state index in [0.29, 0.717) is 17.0 Å². The zero-order chi connectivity index (χ0) is 22.6. The number of rotatable bonds is 7. The van der Waals surface area contributed by atoms with Gasteiger partial charge in [0.15, 0.2) is 6.10 Å². The minimum atomic E-state index is -4.58. The van der Waals surface area contributed by atoms with Gasteiger partial charge in [0.25, 0.3) is 0 Å². The van der Waals surface area contributed by atoms with E-state index in [1.807, 2.05) is 19.9 Å². The van der Waals surface area contributed by atoms with Crippen LogP contribution >= 0.6 is 0 Å². The molecule has 31 heavy (non-hydrogen) atoms. The number of hydrogen-bond donors (Lipinski definition) is 0. The van der Waals surface area contributed by atoms with Crippen LogP contribution in [0.25, 0.3) is 5.69 Å². The Hall–Kier alpha value is -3.18. The maximum absolute atomic E-state index is 13.7. The van der Waals surface area contributed by atoms with Gasteiger partial charge in [0.05, 0.1) is 35.3 Å². The lowest BCUT2D eigenvalue weighted by molar-refractivity contribution is -0.226. The first-order chi connectivity index (χ1) is 14.7. The van der Waals surface area contributed by atoms with Gasteiger partial charge in [-0.1, -0.05) is 26.8 Å². The molecule has 2 heterocycles. The smallest absolute Gasteiger partial charge is 0.362 e. The van der Waals surface area contributed by atoms with Crippen LogP contribution in [0.3, 0.4) is 0 Å². The van der Waals surface area contributed by atoms with Crippen LogP contribution in [-0.2, 0) is 4.74 Å². The number of nitrogens with zero attached hydrogens (tertiary/aromatic N) is 4. The summed E-state index contributed by atoms with van der Waals surface area (Å²) in [7, 11) is 0. The summed E-state index contributed by atoms with van der Waals surface area (Å²) in [5.74, 6) is -0.350. The van der Waals surface area contributed by atoms with Crippen molar-refractivity contribution in [2.75, 3.05) is 6.61 Å². The number of benzene rings is 1. The molecule has 0 aliphatic carbocycles. The first-order valence-electron chi connectivity index (χ1n) is 9.90. The van der Waals surface area contributed by atoms with E-state index in [2.05, 4.69) is 10.1 Å². The van der Waals surface area contributed by atoms with Crippen LogP contribution in [-0.4, -0.2) is 27.5 Å². The second kappa shape index (κ2) is 9.31. The predicted octanol–water partition coefficient (Wildman–Crippen LogP) is 5.69. The molecule has 0 aliphatic rings. The van der Waals surface area contributed by atoms with E-state index in [1.165, 1.54) is 6.07 Å². The van der Waals surface area contributed by atoms with Gasteiger partial charge in [-0.05, 0) is 48.4 Å². The molecule has 0 fully saturated rings. The Labute approximate surface area is 179 Å². The van der Waals surface area contributed by atoms with E-state index in [1.54, 1.807) is 60.3 Å². The standard InChI is InChI=1S/C23H23F3N4O/c1-15(2)19-5-4-6-21(28-19)22(23(24,25)26)31-14-16(3)20-11-12-30(29-20)18-9-7-17(13-27)8-10-18/h4-12,15-16,22H,14H2,1-3H3. The third-order valence-corrected chi connectivity index (χ3v) is 4.84. The minimum absolute atomic E-state index is 0.0129. The second-order valence-electron chi connectivity index (χ2n) is 7.64. The van der Waals surface area contributed by atoms with Gasteiger partial charge in [0, 0.05) is 17.8 Å². The van der Waals surface area contributed by atoms with Gasteiger partial charge in [-0.15, -0.1) is 0 Å². The fourth-order valence-electron chi connectivity index (χ4n) is 3.04. The van der Waals surface area contributed by atoms with Crippen LogP contribution in [0.1, 0.15) is 61.4 Å². The van der Waals surface area contributed by atoms with Gasteiger partial charge in [0.2, 0.25) is 0 Å². The first-order valence-corrected chi connectivity index (χ1v) is 9.90. The van der Waals surface area contributed by atoms with Gasteiger partial charge in [0.1, 0.15) is 0 Å². The summed E-state index contributed by atoms with van der Waals surface area (Å²) in [6, 6.07) is 15.3. The van der Waals surface area contributed by atoms with Crippen molar-refractivity contribution in [2.45, 2.75) is 44.9 Å². The maximum Gasteiger partial charge on any atom is 0.420 e. The van der Waals surface area contributed by atoms with Gasteiger partial charge < -0.3 is 4.74 Å². The number of alkyl halides is 3. The van der Waals surface area contributed by atoms with Crippen molar-refractivity contribution < 1.29 is 17.9 Å². The summed E-state index contributed by atoms with van der Waals surface area (Å²) in [6.07, 6.45) is -4.96. The molecule has 162 valence electrons. The van der Waals surface area contributed by atoms with Crippen molar-refractivity contribution in [3.8, 4) is 11.8 Å². The number of pyridine rings is 1. The highest BCUT2D eigenvalue weighted by Crippen LogP contribution is 2.36. The highest BCUT2D eigenvalue weighted by atomic mass is 19.4. The number of hydrogen-bond acceptors (Lipinski definition) is 4. The molecule has 0 N–H and O–H groups in total. The third-order valence-electron chi connectivity index (χ3n) is 4.84. The molecule has 3 aromatic rings. The van der Waals surface area contributed by atoms with E-state index in [-0.39, 0.29) is 24.1 Å². The predicted molar refractivity (Wildman–Crippen MR) is 110 cm³/mol. The largest absolute Gasteiger partial charge is 0.420 e. The van der Waals surface area contributed by atoms with Crippen molar-refractivity contribution in [1.82, 2.24) is 14.8 Å². The summed E-state index contributed by atoms with van der Waals surface area (Å²) in [5.41, 5.74) is 2.33. The molecule has 0 bridgehead atoms. The molecule has 2 atom stereocenters. The fraction of sp³-hybridized carbons (Fsp3) is 0.348. The number of ether oxygens (including phenoxy) is 1.